The van der Waals surface area contributed by atoms with Gasteiger partial charge in [-0.2, -0.15) is 0 Å². The van der Waals surface area contributed by atoms with E-state index in [9.17, 15) is 9.90 Å². The number of amidine groups is 1. The van der Waals surface area contributed by atoms with Crippen LogP contribution < -0.4 is 10.5 Å². The predicted octanol–water partition coefficient (Wildman–Crippen LogP) is 2.81. The molecule has 0 saturated heterocycles. The minimum atomic E-state index is -1.94. The third-order valence-electron chi connectivity index (χ3n) is 4.05. The van der Waals surface area contributed by atoms with Gasteiger partial charge in [0.1, 0.15) is 11.6 Å². The lowest BCUT2D eigenvalue weighted by Crippen LogP contribution is -2.40. The molecular weight excluding hydrogens is 328 g/mol. The van der Waals surface area contributed by atoms with Gasteiger partial charge in [-0.25, -0.2) is 4.79 Å². The van der Waals surface area contributed by atoms with Crippen molar-refractivity contribution >= 4 is 11.8 Å². The Balaban J connectivity index is 1.97. The number of carbonyl (C=O) groups is 1. The molecule has 0 unspecified atom stereocenters. The summed E-state index contributed by atoms with van der Waals surface area (Å²) in [5, 5.41) is 18.7. The normalized spacial score (nSPS) is 11.0. The molecule has 3 rings (SSSR count). The number of hydrogen-bond acceptors (Lipinski definition) is 4. The van der Waals surface area contributed by atoms with Gasteiger partial charge in [0.25, 0.3) is 0 Å². The van der Waals surface area contributed by atoms with E-state index in [4.69, 9.17) is 15.9 Å². The van der Waals surface area contributed by atoms with Crippen molar-refractivity contribution in [2.24, 2.45) is 5.73 Å². The Bertz CT molecular complexity index is 868. The Morgan fingerprint density at radius 2 is 1.31 bits per heavy atom. The molecule has 3 aromatic rings. The molecule has 0 bridgehead atoms. The highest BCUT2D eigenvalue weighted by molar-refractivity contribution is 5.95. The van der Waals surface area contributed by atoms with Crippen LogP contribution in [0.5, 0.6) is 5.75 Å². The van der Waals surface area contributed by atoms with Gasteiger partial charge in [0.2, 0.25) is 5.60 Å². The largest absolute Gasteiger partial charge is 0.424 e. The molecule has 0 heterocycles. The maximum absolute atomic E-state index is 12.9. The van der Waals surface area contributed by atoms with Gasteiger partial charge in [-0.05, 0) is 35.4 Å². The smallest absolute Gasteiger partial charge is 0.353 e. The number of aliphatic hydroxyl groups is 1. The van der Waals surface area contributed by atoms with Gasteiger partial charge in [-0.3, -0.25) is 5.41 Å². The highest BCUT2D eigenvalue weighted by Crippen LogP contribution is 2.31. The molecule has 0 atom stereocenters. The Hall–Kier alpha value is -3.44. The van der Waals surface area contributed by atoms with Crippen LogP contribution >= 0.6 is 0 Å². The lowest BCUT2D eigenvalue weighted by molar-refractivity contribution is -0.152. The minimum absolute atomic E-state index is 0.0760. The predicted molar refractivity (Wildman–Crippen MR) is 99.0 cm³/mol. The summed E-state index contributed by atoms with van der Waals surface area (Å²) >= 11 is 0. The molecule has 0 saturated carbocycles. The summed E-state index contributed by atoms with van der Waals surface area (Å²) in [4.78, 5) is 12.9. The summed E-state index contributed by atoms with van der Waals surface area (Å²) in [7, 11) is 0. The third-order valence-corrected chi connectivity index (χ3v) is 4.05. The molecule has 5 heteroatoms. The van der Waals surface area contributed by atoms with Crippen molar-refractivity contribution in [3.05, 3.63) is 102 Å². The molecular formula is C21H18N2O3. The fourth-order valence-electron chi connectivity index (χ4n) is 2.64. The SMILES string of the molecule is N=C(N)c1ccc(OC(=O)C(O)(c2ccccc2)c2ccccc2)cc1. The summed E-state index contributed by atoms with van der Waals surface area (Å²) in [5.41, 5.74) is 4.83. The summed E-state index contributed by atoms with van der Waals surface area (Å²) in [5.74, 6) is -0.635. The first-order chi connectivity index (χ1) is 12.5. The van der Waals surface area contributed by atoms with Crippen molar-refractivity contribution < 1.29 is 14.6 Å². The fourth-order valence-corrected chi connectivity index (χ4v) is 2.64. The molecule has 130 valence electrons. The Morgan fingerprint density at radius 1 is 0.846 bits per heavy atom. The first-order valence-electron chi connectivity index (χ1n) is 8.02. The van der Waals surface area contributed by atoms with Crippen LogP contribution in [0.2, 0.25) is 0 Å². The molecule has 0 aliphatic heterocycles. The molecule has 4 N–H and O–H groups in total. The monoisotopic (exact) mass is 346 g/mol. The second kappa shape index (κ2) is 7.21. The molecule has 0 aliphatic rings. The average molecular weight is 346 g/mol. The van der Waals surface area contributed by atoms with E-state index in [1.807, 2.05) is 0 Å². The van der Waals surface area contributed by atoms with Crippen molar-refractivity contribution in [3.8, 4) is 5.75 Å². The van der Waals surface area contributed by atoms with Crippen LogP contribution in [0, 0.1) is 5.41 Å². The molecule has 3 aromatic carbocycles. The van der Waals surface area contributed by atoms with Crippen LogP contribution in [-0.2, 0) is 10.4 Å². The number of nitrogens with two attached hydrogens (primary N) is 1. The van der Waals surface area contributed by atoms with Crippen LogP contribution in [0.3, 0.4) is 0 Å². The van der Waals surface area contributed by atoms with Gasteiger partial charge in [-0.1, -0.05) is 60.7 Å². The van der Waals surface area contributed by atoms with Crippen molar-refractivity contribution in [3.63, 3.8) is 0 Å². The van der Waals surface area contributed by atoms with E-state index in [2.05, 4.69) is 0 Å². The van der Waals surface area contributed by atoms with E-state index in [1.165, 1.54) is 12.1 Å². The van der Waals surface area contributed by atoms with Crippen LogP contribution in [0.15, 0.2) is 84.9 Å². The van der Waals surface area contributed by atoms with Crippen molar-refractivity contribution in [2.75, 3.05) is 0 Å². The van der Waals surface area contributed by atoms with Crippen LogP contribution in [0.4, 0.5) is 0 Å². The fraction of sp³-hybridized carbons (Fsp3) is 0.0476. The number of carbonyl (C=O) groups excluding carboxylic acids is 1. The molecule has 0 spiro atoms. The Morgan fingerprint density at radius 3 is 1.73 bits per heavy atom. The van der Waals surface area contributed by atoms with E-state index in [-0.39, 0.29) is 11.6 Å². The van der Waals surface area contributed by atoms with Crippen molar-refractivity contribution in [1.82, 2.24) is 0 Å². The van der Waals surface area contributed by atoms with Crippen LogP contribution in [0.1, 0.15) is 16.7 Å². The van der Waals surface area contributed by atoms with E-state index in [0.717, 1.165) is 0 Å². The van der Waals surface area contributed by atoms with Crippen LogP contribution in [-0.4, -0.2) is 16.9 Å². The second-order valence-corrected chi connectivity index (χ2v) is 5.77. The first-order valence-corrected chi connectivity index (χ1v) is 8.02. The van der Waals surface area contributed by atoms with Crippen molar-refractivity contribution in [1.29, 1.82) is 5.41 Å². The maximum atomic E-state index is 12.9. The standard InChI is InChI=1S/C21H18N2O3/c22-19(23)15-11-13-18(14-12-15)26-20(24)21(25,16-7-3-1-4-8-16)17-9-5-2-6-10-17/h1-14,25H,(H3,22,23). The van der Waals surface area contributed by atoms with Crippen molar-refractivity contribution in [2.45, 2.75) is 5.60 Å². The summed E-state index contributed by atoms with van der Waals surface area (Å²) in [6.45, 7) is 0. The quantitative estimate of drug-likeness (QED) is 0.286. The van der Waals surface area contributed by atoms with E-state index >= 15 is 0 Å². The maximum Gasteiger partial charge on any atom is 0.353 e. The molecule has 0 amide bonds. The molecule has 0 fully saturated rings. The number of hydrogen-bond donors (Lipinski definition) is 3. The Kier molecular flexibility index (Phi) is 4.82. The van der Waals surface area contributed by atoms with Gasteiger partial charge < -0.3 is 15.6 Å². The topological polar surface area (TPSA) is 96.4 Å². The van der Waals surface area contributed by atoms with Gasteiger partial charge in [0.05, 0.1) is 0 Å². The highest BCUT2D eigenvalue weighted by Gasteiger charge is 2.41. The lowest BCUT2D eigenvalue weighted by atomic mass is 9.86. The van der Waals surface area contributed by atoms with E-state index in [0.29, 0.717) is 16.7 Å². The zero-order chi connectivity index (χ0) is 18.6. The highest BCUT2D eigenvalue weighted by atomic mass is 16.6. The minimum Gasteiger partial charge on any atom is -0.424 e. The third kappa shape index (κ3) is 3.34. The first kappa shape index (κ1) is 17.4. The van der Waals surface area contributed by atoms with Gasteiger partial charge >= 0.3 is 5.97 Å². The van der Waals surface area contributed by atoms with E-state index in [1.54, 1.807) is 72.8 Å². The molecule has 0 radical (unpaired) electrons. The number of ether oxygens (including phenoxy) is 1. The molecule has 26 heavy (non-hydrogen) atoms. The van der Waals surface area contributed by atoms with Gasteiger partial charge in [0, 0.05) is 5.56 Å². The zero-order valence-electron chi connectivity index (χ0n) is 13.9. The van der Waals surface area contributed by atoms with E-state index < -0.39 is 11.6 Å². The number of esters is 1. The summed E-state index contributed by atoms with van der Waals surface area (Å²) < 4.78 is 5.42. The number of nitrogens with one attached hydrogen (secondary N) is 1. The zero-order valence-corrected chi connectivity index (χ0v) is 13.9. The average Bonchev–Trinajstić information content (AvgIpc) is 2.69. The van der Waals surface area contributed by atoms with Gasteiger partial charge in [0.15, 0.2) is 0 Å². The number of benzene rings is 3. The summed E-state index contributed by atoms with van der Waals surface area (Å²) in [6.07, 6.45) is 0. The van der Waals surface area contributed by atoms with Gasteiger partial charge in [-0.15, -0.1) is 0 Å². The molecule has 5 nitrogen and oxygen atoms in total. The second-order valence-electron chi connectivity index (χ2n) is 5.77. The number of nitrogen functional groups attached to an aromatic ring is 1. The molecule has 0 aromatic heterocycles. The van der Waals surface area contributed by atoms with Crippen LogP contribution in [0.25, 0.3) is 0 Å². The lowest BCUT2D eigenvalue weighted by Gasteiger charge is -2.27. The summed E-state index contributed by atoms with van der Waals surface area (Å²) in [6, 6.07) is 23.5. The number of rotatable bonds is 5. The Labute approximate surface area is 151 Å². The molecule has 0 aliphatic carbocycles.